The van der Waals surface area contributed by atoms with Crippen molar-refractivity contribution < 1.29 is 13.9 Å². The van der Waals surface area contributed by atoms with E-state index in [9.17, 15) is 9.18 Å². The summed E-state index contributed by atoms with van der Waals surface area (Å²) in [5, 5.41) is 9.82. The minimum absolute atomic E-state index is 0.0483. The van der Waals surface area contributed by atoms with Gasteiger partial charge < -0.3 is 9.30 Å². The predicted molar refractivity (Wildman–Crippen MR) is 124 cm³/mol. The first-order valence-electron chi connectivity index (χ1n) is 11.2. The molecule has 1 saturated carbocycles. The first-order chi connectivity index (χ1) is 15.3. The molecule has 32 heavy (non-hydrogen) atoms. The molecule has 0 atom stereocenters. The largest absolute Gasteiger partial charge is 0.469 e. The average molecular weight is 434 g/mol. The van der Waals surface area contributed by atoms with E-state index in [1.165, 1.54) is 18.4 Å². The van der Waals surface area contributed by atoms with Crippen molar-refractivity contribution in [1.29, 1.82) is 0 Å². The highest BCUT2D eigenvalue weighted by atomic mass is 19.1. The van der Waals surface area contributed by atoms with Gasteiger partial charge in [0.05, 0.1) is 24.1 Å². The SMILES string of the molecule is COC(=O)C1CC(c2c(C(C)C)n(-c3ccc(F)c(C)c3)c3cc4c(C)[nH]nc4cc23)C1. The lowest BCUT2D eigenvalue weighted by atomic mass is 9.70. The Kier molecular flexibility index (Phi) is 4.84. The number of carbonyl (C=O) groups is 1. The van der Waals surface area contributed by atoms with Crippen molar-refractivity contribution in [3.05, 3.63) is 58.7 Å². The van der Waals surface area contributed by atoms with Crippen LogP contribution in [0.5, 0.6) is 0 Å². The van der Waals surface area contributed by atoms with Crippen molar-refractivity contribution in [2.75, 3.05) is 7.11 Å². The van der Waals surface area contributed by atoms with Crippen LogP contribution in [0.25, 0.3) is 27.5 Å². The van der Waals surface area contributed by atoms with Gasteiger partial charge >= 0.3 is 5.97 Å². The highest BCUT2D eigenvalue weighted by Crippen LogP contribution is 2.49. The fourth-order valence-corrected chi connectivity index (χ4v) is 5.22. The molecular weight excluding hydrogens is 405 g/mol. The van der Waals surface area contributed by atoms with Crippen LogP contribution in [0.1, 0.15) is 61.0 Å². The van der Waals surface area contributed by atoms with Crippen LogP contribution in [0.3, 0.4) is 0 Å². The second kappa shape index (κ2) is 7.47. The zero-order chi connectivity index (χ0) is 22.7. The summed E-state index contributed by atoms with van der Waals surface area (Å²) in [4.78, 5) is 12.0. The third-order valence-electron chi connectivity index (χ3n) is 6.94. The summed E-state index contributed by atoms with van der Waals surface area (Å²) in [6.07, 6.45) is 1.57. The van der Waals surface area contributed by atoms with Gasteiger partial charge in [-0.2, -0.15) is 5.10 Å². The molecule has 166 valence electrons. The summed E-state index contributed by atoms with van der Waals surface area (Å²) >= 11 is 0. The predicted octanol–water partition coefficient (Wildman–Crippen LogP) is 6.05. The van der Waals surface area contributed by atoms with Crippen molar-refractivity contribution >= 4 is 27.8 Å². The third-order valence-corrected chi connectivity index (χ3v) is 6.94. The number of aromatic amines is 1. The van der Waals surface area contributed by atoms with Crippen molar-refractivity contribution in [3.8, 4) is 5.69 Å². The Bertz CT molecular complexity index is 1360. The molecule has 1 aliphatic rings. The first-order valence-corrected chi connectivity index (χ1v) is 11.2. The second-order valence-electron chi connectivity index (χ2n) is 9.35. The van der Waals surface area contributed by atoms with Crippen LogP contribution in [-0.2, 0) is 9.53 Å². The second-order valence-corrected chi connectivity index (χ2v) is 9.35. The maximum atomic E-state index is 14.1. The fourth-order valence-electron chi connectivity index (χ4n) is 5.22. The molecular formula is C26H28FN3O2. The summed E-state index contributed by atoms with van der Waals surface area (Å²) in [6.45, 7) is 8.20. The van der Waals surface area contributed by atoms with Gasteiger partial charge in [0.15, 0.2) is 0 Å². The van der Waals surface area contributed by atoms with Gasteiger partial charge in [0.2, 0.25) is 0 Å². The number of methoxy groups -OCH3 is 1. The van der Waals surface area contributed by atoms with Gasteiger partial charge in [-0.1, -0.05) is 13.8 Å². The maximum Gasteiger partial charge on any atom is 0.308 e. The number of carbonyl (C=O) groups excluding carboxylic acids is 1. The number of nitrogens with zero attached hydrogens (tertiary/aromatic N) is 2. The summed E-state index contributed by atoms with van der Waals surface area (Å²) in [5.41, 5.74) is 7.11. The molecule has 2 heterocycles. The minimum Gasteiger partial charge on any atom is -0.469 e. The number of hydrogen-bond acceptors (Lipinski definition) is 3. The quantitative estimate of drug-likeness (QED) is 0.398. The van der Waals surface area contributed by atoms with Crippen LogP contribution in [0.2, 0.25) is 0 Å². The molecule has 0 saturated heterocycles. The Hall–Kier alpha value is -3.15. The van der Waals surface area contributed by atoms with E-state index >= 15 is 0 Å². The summed E-state index contributed by atoms with van der Waals surface area (Å²) < 4.78 is 21.3. The maximum absolute atomic E-state index is 14.1. The Morgan fingerprint density at radius 3 is 2.59 bits per heavy atom. The zero-order valence-corrected chi connectivity index (χ0v) is 19.1. The summed E-state index contributed by atoms with van der Waals surface area (Å²) in [6, 6.07) is 9.65. The highest BCUT2D eigenvalue weighted by molar-refractivity contribution is 6.00. The Morgan fingerprint density at radius 2 is 1.94 bits per heavy atom. The first kappa shape index (κ1) is 20.7. The number of H-pyrrole nitrogens is 1. The molecule has 0 bridgehead atoms. The number of rotatable bonds is 4. The van der Waals surface area contributed by atoms with Crippen LogP contribution in [0.15, 0.2) is 30.3 Å². The van der Waals surface area contributed by atoms with Crippen LogP contribution >= 0.6 is 0 Å². The van der Waals surface area contributed by atoms with E-state index in [4.69, 9.17) is 4.74 Å². The molecule has 0 amide bonds. The van der Waals surface area contributed by atoms with Gasteiger partial charge in [0.1, 0.15) is 5.82 Å². The minimum atomic E-state index is -0.204. The number of aryl methyl sites for hydroxylation is 2. The zero-order valence-electron chi connectivity index (χ0n) is 19.1. The number of esters is 1. The van der Waals surface area contributed by atoms with Gasteiger partial charge in [-0.25, -0.2) is 4.39 Å². The van der Waals surface area contributed by atoms with E-state index in [0.717, 1.165) is 46.0 Å². The molecule has 2 aromatic carbocycles. The van der Waals surface area contributed by atoms with Gasteiger partial charge in [-0.3, -0.25) is 9.89 Å². The van der Waals surface area contributed by atoms with Crippen molar-refractivity contribution in [3.63, 3.8) is 0 Å². The van der Waals surface area contributed by atoms with E-state index in [1.807, 2.05) is 19.1 Å². The third kappa shape index (κ3) is 3.04. The van der Waals surface area contributed by atoms with Crippen LogP contribution < -0.4 is 0 Å². The molecule has 2 aromatic heterocycles. The van der Waals surface area contributed by atoms with E-state index in [-0.39, 0.29) is 29.5 Å². The number of hydrogen-bond donors (Lipinski definition) is 1. The van der Waals surface area contributed by atoms with Crippen LogP contribution in [0.4, 0.5) is 4.39 Å². The number of fused-ring (bicyclic) bond motifs is 2. The molecule has 5 rings (SSSR count). The molecule has 1 fully saturated rings. The topological polar surface area (TPSA) is 59.9 Å². The lowest BCUT2D eigenvalue weighted by Gasteiger charge is -2.34. The molecule has 4 aromatic rings. The smallest absolute Gasteiger partial charge is 0.308 e. The average Bonchev–Trinajstić information content (AvgIpc) is 3.25. The Morgan fingerprint density at radius 1 is 1.19 bits per heavy atom. The molecule has 1 N–H and O–H groups in total. The number of aromatic nitrogens is 3. The standard InChI is InChI=1S/C26H28FN3O2/c1-13(2)25-24(16-9-17(10-16)26(31)32-5)20-11-22-19(15(4)28-29-22)12-23(20)30(25)18-6-7-21(27)14(3)8-18/h6-8,11-13,16-17H,9-10H2,1-5H3,(H,28,29). The number of benzene rings is 2. The van der Waals surface area contributed by atoms with Crippen molar-refractivity contribution in [1.82, 2.24) is 14.8 Å². The molecule has 0 unspecified atom stereocenters. The van der Waals surface area contributed by atoms with E-state index in [1.54, 1.807) is 13.0 Å². The van der Waals surface area contributed by atoms with Crippen LogP contribution in [0, 0.1) is 25.6 Å². The molecule has 0 radical (unpaired) electrons. The normalized spacial score (nSPS) is 18.5. The van der Waals surface area contributed by atoms with Gasteiger partial charge in [-0.15, -0.1) is 0 Å². The van der Waals surface area contributed by atoms with E-state index < -0.39 is 0 Å². The lowest BCUT2D eigenvalue weighted by Crippen LogP contribution is -2.30. The lowest BCUT2D eigenvalue weighted by molar-refractivity contribution is -0.148. The van der Waals surface area contributed by atoms with Crippen molar-refractivity contribution in [2.24, 2.45) is 5.92 Å². The van der Waals surface area contributed by atoms with Crippen LogP contribution in [-0.4, -0.2) is 27.8 Å². The molecule has 5 nitrogen and oxygen atoms in total. The van der Waals surface area contributed by atoms with Gasteiger partial charge in [-0.05, 0) is 80.0 Å². The van der Waals surface area contributed by atoms with E-state index in [2.05, 4.69) is 40.7 Å². The molecule has 1 aliphatic carbocycles. The monoisotopic (exact) mass is 433 g/mol. The summed E-state index contributed by atoms with van der Waals surface area (Å²) in [7, 11) is 1.45. The molecule has 0 spiro atoms. The Balaban J connectivity index is 1.80. The van der Waals surface area contributed by atoms with Crippen molar-refractivity contribution in [2.45, 2.75) is 52.4 Å². The number of nitrogens with one attached hydrogen (secondary N) is 1. The molecule has 6 heteroatoms. The summed E-state index contributed by atoms with van der Waals surface area (Å²) in [5.74, 6) is 0.141. The number of ether oxygens (including phenoxy) is 1. The molecule has 0 aliphatic heterocycles. The van der Waals surface area contributed by atoms with Gasteiger partial charge in [0, 0.05) is 27.8 Å². The van der Waals surface area contributed by atoms with Gasteiger partial charge in [0.25, 0.3) is 0 Å². The highest BCUT2D eigenvalue weighted by Gasteiger charge is 2.40. The fraction of sp³-hybridized carbons (Fsp3) is 0.385. The number of halogens is 1. The van der Waals surface area contributed by atoms with E-state index in [0.29, 0.717) is 5.56 Å². The Labute approximate surface area is 186 Å².